The molecular weight excluding hydrogens is 348 g/mol. The van der Waals surface area contributed by atoms with E-state index in [0.717, 1.165) is 48.2 Å². The van der Waals surface area contributed by atoms with Crippen molar-refractivity contribution in [3.8, 4) is 10.4 Å². The maximum atomic E-state index is 12.5. The summed E-state index contributed by atoms with van der Waals surface area (Å²) in [5.41, 5.74) is 2.38. The molecule has 134 valence electrons. The van der Waals surface area contributed by atoms with Crippen LogP contribution in [0.15, 0.2) is 53.5 Å². The average molecular weight is 368 g/mol. The highest BCUT2D eigenvalue weighted by Gasteiger charge is 2.16. The molecular formula is C19H20N4O2S. The van der Waals surface area contributed by atoms with Crippen molar-refractivity contribution in [2.24, 2.45) is 7.05 Å². The lowest BCUT2D eigenvalue weighted by molar-refractivity contribution is 0.122. The summed E-state index contributed by atoms with van der Waals surface area (Å²) in [7, 11) is 1.78. The third kappa shape index (κ3) is 3.36. The minimum atomic E-state index is -0.0360. The van der Waals surface area contributed by atoms with Crippen LogP contribution in [0.25, 0.3) is 10.4 Å². The predicted octanol–water partition coefficient (Wildman–Crippen LogP) is 3.09. The molecule has 1 fully saturated rings. The Kier molecular flexibility index (Phi) is 4.73. The number of pyridine rings is 1. The SMILES string of the molecule is Cn1sc(-c2ccccc2)c(Nc2ccc(N3CCOCC3)nc2)c1=O. The van der Waals surface area contributed by atoms with Crippen LogP contribution >= 0.6 is 11.5 Å². The number of nitrogens with one attached hydrogen (secondary N) is 1. The first kappa shape index (κ1) is 16.8. The molecule has 0 unspecified atom stereocenters. The van der Waals surface area contributed by atoms with Gasteiger partial charge in [-0.1, -0.05) is 41.9 Å². The van der Waals surface area contributed by atoms with Crippen molar-refractivity contribution in [3.05, 3.63) is 59.0 Å². The van der Waals surface area contributed by atoms with Gasteiger partial charge in [-0.05, 0) is 17.7 Å². The molecule has 0 amide bonds. The number of hydrogen-bond acceptors (Lipinski definition) is 6. The number of rotatable bonds is 4. The molecule has 0 spiro atoms. The molecule has 4 rings (SSSR count). The zero-order valence-corrected chi connectivity index (χ0v) is 15.3. The number of nitrogens with zero attached hydrogens (tertiary/aromatic N) is 3. The molecule has 26 heavy (non-hydrogen) atoms. The molecule has 6 nitrogen and oxygen atoms in total. The lowest BCUT2D eigenvalue weighted by Crippen LogP contribution is -2.36. The van der Waals surface area contributed by atoms with Crippen molar-refractivity contribution in [1.82, 2.24) is 8.94 Å². The maximum Gasteiger partial charge on any atom is 0.284 e. The van der Waals surface area contributed by atoms with E-state index >= 15 is 0 Å². The summed E-state index contributed by atoms with van der Waals surface area (Å²) in [5, 5.41) is 3.26. The quantitative estimate of drug-likeness (QED) is 0.767. The highest BCUT2D eigenvalue weighted by molar-refractivity contribution is 7.10. The van der Waals surface area contributed by atoms with E-state index in [2.05, 4.69) is 15.2 Å². The van der Waals surface area contributed by atoms with E-state index in [-0.39, 0.29) is 5.56 Å². The summed E-state index contributed by atoms with van der Waals surface area (Å²) < 4.78 is 7.02. The van der Waals surface area contributed by atoms with Crippen LogP contribution in [0.2, 0.25) is 0 Å². The van der Waals surface area contributed by atoms with Gasteiger partial charge in [-0.2, -0.15) is 0 Å². The molecule has 1 saturated heterocycles. The second kappa shape index (κ2) is 7.31. The normalized spacial score (nSPS) is 14.4. The Hall–Kier alpha value is -2.64. The molecule has 0 radical (unpaired) electrons. The van der Waals surface area contributed by atoms with E-state index in [1.54, 1.807) is 17.2 Å². The fraction of sp³-hybridized carbons (Fsp3) is 0.263. The highest BCUT2D eigenvalue weighted by Crippen LogP contribution is 2.32. The van der Waals surface area contributed by atoms with Crippen molar-refractivity contribution in [3.63, 3.8) is 0 Å². The van der Waals surface area contributed by atoms with E-state index in [0.29, 0.717) is 5.69 Å². The van der Waals surface area contributed by atoms with Gasteiger partial charge in [0.2, 0.25) is 0 Å². The van der Waals surface area contributed by atoms with E-state index in [1.165, 1.54) is 11.5 Å². The van der Waals surface area contributed by atoms with Gasteiger partial charge in [0.1, 0.15) is 11.5 Å². The monoisotopic (exact) mass is 368 g/mol. The second-order valence-electron chi connectivity index (χ2n) is 6.09. The molecule has 0 aliphatic carbocycles. The van der Waals surface area contributed by atoms with E-state index in [4.69, 9.17) is 4.74 Å². The Balaban J connectivity index is 1.60. The third-order valence-electron chi connectivity index (χ3n) is 4.34. The fourth-order valence-corrected chi connectivity index (χ4v) is 3.88. The van der Waals surface area contributed by atoms with Gasteiger partial charge in [0.25, 0.3) is 5.56 Å². The molecule has 0 bridgehead atoms. The molecule has 1 aliphatic heterocycles. The summed E-state index contributed by atoms with van der Waals surface area (Å²) in [5.74, 6) is 0.931. The van der Waals surface area contributed by atoms with Crippen LogP contribution in [0.5, 0.6) is 0 Å². The smallest absolute Gasteiger partial charge is 0.284 e. The molecule has 0 atom stereocenters. The van der Waals surface area contributed by atoms with Crippen molar-refractivity contribution in [2.75, 3.05) is 36.5 Å². The number of anilines is 3. The molecule has 1 aliphatic rings. The topological polar surface area (TPSA) is 59.4 Å². The standard InChI is InChI=1S/C19H20N4O2S/c1-22-19(24)17(18(26-22)14-5-3-2-4-6-14)21-15-7-8-16(20-13-15)23-9-11-25-12-10-23/h2-8,13,21H,9-12H2,1H3. The molecule has 3 heterocycles. The average Bonchev–Trinajstić information content (AvgIpc) is 2.98. The molecule has 3 aromatic rings. The Morgan fingerprint density at radius 1 is 1.12 bits per heavy atom. The molecule has 0 saturated carbocycles. The Morgan fingerprint density at radius 3 is 2.58 bits per heavy atom. The number of morpholine rings is 1. The summed E-state index contributed by atoms with van der Waals surface area (Å²) >= 11 is 1.44. The van der Waals surface area contributed by atoms with Crippen LogP contribution in [0.1, 0.15) is 0 Å². The fourth-order valence-electron chi connectivity index (χ4n) is 2.96. The minimum Gasteiger partial charge on any atom is -0.378 e. The van der Waals surface area contributed by atoms with Gasteiger partial charge in [-0.25, -0.2) is 4.98 Å². The molecule has 1 N–H and O–H groups in total. The van der Waals surface area contributed by atoms with Gasteiger partial charge in [0.15, 0.2) is 0 Å². The summed E-state index contributed by atoms with van der Waals surface area (Å²) in [6.07, 6.45) is 1.77. The number of aromatic nitrogens is 2. The van der Waals surface area contributed by atoms with Crippen LogP contribution in [0.3, 0.4) is 0 Å². The first-order valence-electron chi connectivity index (χ1n) is 8.54. The van der Waals surface area contributed by atoms with Crippen LogP contribution in [0, 0.1) is 0 Å². The number of hydrogen-bond donors (Lipinski definition) is 1. The van der Waals surface area contributed by atoms with Gasteiger partial charge >= 0.3 is 0 Å². The van der Waals surface area contributed by atoms with Gasteiger partial charge in [0.05, 0.1) is 30.0 Å². The Labute approximate surface area is 155 Å². The van der Waals surface area contributed by atoms with Crippen molar-refractivity contribution in [1.29, 1.82) is 0 Å². The molecule has 7 heteroatoms. The molecule has 2 aromatic heterocycles. The summed E-state index contributed by atoms with van der Waals surface area (Å²) in [4.78, 5) is 20.2. The van der Waals surface area contributed by atoms with Crippen LogP contribution in [-0.4, -0.2) is 35.2 Å². The van der Waals surface area contributed by atoms with Gasteiger partial charge in [-0.3, -0.25) is 8.75 Å². The first-order chi connectivity index (χ1) is 12.7. The second-order valence-corrected chi connectivity index (χ2v) is 7.23. The maximum absolute atomic E-state index is 12.5. The number of aryl methyl sites for hydroxylation is 1. The van der Waals surface area contributed by atoms with Crippen LogP contribution in [0.4, 0.5) is 17.2 Å². The largest absolute Gasteiger partial charge is 0.378 e. The van der Waals surface area contributed by atoms with Crippen molar-refractivity contribution in [2.45, 2.75) is 0 Å². The Bertz CT molecular complexity index is 928. The third-order valence-corrected chi connectivity index (χ3v) is 5.41. The predicted molar refractivity (Wildman–Crippen MR) is 106 cm³/mol. The highest BCUT2D eigenvalue weighted by atomic mass is 32.1. The van der Waals surface area contributed by atoms with Crippen LogP contribution < -0.4 is 15.8 Å². The van der Waals surface area contributed by atoms with Crippen molar-refractivity contribution < 1.29 is 4.74 Å². The van der Waals surface area contributed by atoms with Gasteiger partial charge in [-0.15, -0.1) is 0 Å². The van der Waals surface area contributed by atoms with E-state index in [9.17, 15) is 4.79 Å². The first-order valence-corrected chi connectivity index (χ1v) is 9.31. The van der Waals surface area contributed by atoms with E-state index < -0.39 is 0 Å². The van der Waals surface area contributed by atoms with Gasteiger partial charge in [0, 0.05) is 20.1 Å². The number of benzene rings is 1. The molecule has 1 aromatic carbocycles. The van der Waals surface area contributed by atoms with Gasteiger partial charge < -0.3 is 15.0 Å². The lowest BCUT2D eigenvalue weighted by Gasteiger charge is -2.27. The lowest BCUT2D eigenvalue weighted by atomic mass is 10.2. The Morgan fingerprint density at radius 2 is 1.88 bits per heavy atom. The number of ether oxygens (including phenoxy) is 1. The summed E-state index contributed by atoms with van der Waals surface area (Å²) in [6, 6.07) is 13.9. The van der Waals surface area contributed by atoms with Crippen LogP contribution in [-0.2, 0) is 11.8 Å². The zero-order valence-electron chi connectivity index (χ0n) is 14.5. The minimum absolute atomic E-state index is 0.0360. The van der Waals surface area contributed by atoms with Crippen molar-refractivity contribution >= 4 is 28.7 Å². The zero-order chi connectivity index (χ0) is 17.9. The van der Waals surface area contributed by atoms with E-state index in [1.807, 2.05) is 42.5 Å². The summed E-state index contributed by atoms with van der Waals surface area (Å²) in [6.45, 7) is 3.16.